The van der Waals surface area contributed by atoms with E-state index < -0.39 is 9.28 Å². The second-order valence-electron chi connectivity index (χ2n) is 6.05. The summed E-state index contributed by atoms with van der Waals surface area (Å²) < 4.78 is 12.0. The van der Waals surface area contributed by atoms with Gasteiger partial charge in [-0.15, -0.1) is 0 Å². The van der Waals surface area contributed by atoms with Gasteiger partial charge in [-0.25, -0.2) is 0 Å². The molecule has 0 amide bonds. The second-order valence-corrected chi connectivity index (χ2v) is 8.15. The molecule has 0 rings (SSSR count). The lowest BCUT2D eigenvalue weighted by atomic mass is 10.2. The Balaban J connectivity index is 3.67. The van der Waals surface area contributed by atoms with Crippen LogP contribution in [0.5, 0.6) is 0 Å². The molecule has 3 nitrogen and oxygen atoms in total. The van der Waals surface area contributed by atoms with Crippen molar-refractivity contribution in [2.24, 2.45) is 0 Å². The summed E-state index contributed by atoms with van der Waals surface area (Å²) in [4.78, 5) is 0. The minimum absolute atomic E-state index is 0.628. The van der Waals surface area contributed by atoms with Crippen LogP contribution in [-0.2, 0) is 8.85 Å². The fraction of sp³-hybridized carbons (Fsp3) is 0.944. The van der Waals surface area contributed by atoms with E-state index in [4.69, 9.17) is 14.1 Å². The highest BCUT2D eigenvalue weighted by molar-refractivity contribution is 6.44. The molecule has 4 heteroatoms. The third-order valence-electron chi connectivity index (χ3n) is 3.83. The highest BCUT2D eigenvalue weighted by atomic mass is 28.3. The van der Waals surface area contributed by atoms with Crippen molar-refractivity contribution >= 4 is 9.28 Å². The van der Waals surface area contributed by atoms with Gasteiger partial charge in [-0.2, -0.15) is 5.26 Å². The molecule has 130 valence electrons. The Kier molecular flexibility index (Phi) is 18.4. The first-order chi connectivity index (χ1) is 10.8. The van der Waals surface area contributed by atoms with E-state index in [-0.39, 0.29) is 0 Å². The SMILES string of the molecule is CCCCCCCO[SiH](CCCC#N)OCCCCCCC. The zero-order chi connectivity index (χ0) is 16.3. The summed E-state index contributed by atoms with van der Waals surface area (Å²) in [5.74, 6) is 0. The van der Waals surface area contributed by atoms with Crippen LogP contribution in [0.15, 0.2) is 0 Å². The molecule has 0 aromatic rings. The lowest BCUT2D eigenvalue weighted by Gasteiger charge is -2.16. The van der Waals surface area contributed by atoms with E-state index in [9.17, 15) is 0 Å². The van der Waals surface area contributed by atoms with Gasteiger partial charge in [-0.1, -0.05) is 65.2 Å². The van der Waals surface area contributed by atoms with Crippen molar-refractivity contribution in [2.45, 2.75) is 96.9 Å². The van der Waals surface area contributed by atoms with E-state index in [2.05, 4.69) is 19.9 Å². The van der Waals surface area contributed by atoms with Crippen molar-refractivity contribution in [3.63, 3.8) is 0 Å². The second kappa shape index (κ2) is 18.7. The summed E-state index contributed by atoms with van der Waals surface area (Å²) in [6, 6.07) is 3.20. The van der Waals surface area contributed by atoms with Gasteiger partial charge in [0.25, 0.3) is 0 Å². The molecule has 0 spiro atoms. The average molecular weight is 328 g/mol. The molecule has 0 N–H and O–H groups in total. The van der Waals surface area contributed by atoms with Gasteiger partial charge in [0.2, 0.25) is 0 Å². The van der Waals surface area contributed by atoms with Gasteiger partial charge in [-0.3, -0.25) is 0 Å². The Hall–Kier alpha value is -0.373. The van der Waals surface area contributed by atoms with Crippen LogP contribution in [0.4, 0.5) is 0 Å². The van der Waals surface area contributed by atoms with Gasteiger partial charge >= 0.3 is 9.28 Å². The lowest BCUT2D eigenvalue weighted by molar-refractivity contribution is 0.188. The molecule has 0 aromatic carbocycles. The van der Waals surface area contributed by atoms with E-state index >= 15 is 0 Å². The van der Waals surface area contributed by atoms with Crippen LogP contribution in [-0.4, -0.2) is 22.5 Å². The summed E-state index contributed by atoms with van der Waals surface area (Å²) in [5.41, 5.74) is 0. The van der Waals surface area contributed by atoms with Gasteiger partial charge in [0.05, 0.1) is 6.07 Å². The third kappa shape index (κ3) is 16.0. The van der Waals surface area contributed by atoms with Crippen LogP contribution in [0.3, 0.4) is 0 Å². The molecule has 0 saturated heterocycles. The summed E-state index contributed by atoms with van der Waals surface area (Å²) in [6.45, 7) is 6.18. The molecule has 0 fully saturated rings. The zero-order valence-corrected chi connectivity index (χ0v) is 16.1. The first-order valence-corrected chi connectivity index (χ1v) is 11.2. The highest BCUT2D eigenvalue weighted by Crippen LogP contribution is 2.09. The van der Waals surface area contributed by atoms with E-state index in [1.165, 1.54) is 51.4 Å². The van der Waals surface area contributed by atoms with Crippen molar-refractivity contribution in [2.75, 3.05) is 13.2 Å². The number of nitrogens with zero attached hydrogens (tertiary/aromatic N) is 1. The van der Waals surface area contributed by atoms with Crippen LogP contribution in [0.1, 0.15) is 90.9 Å². The van der Waals surface area contributed by atoms with Gasteiger partial charge < -0.3 is 8.85 Å². The van der Waals surface area contributed by atoms with E-state index in [1.807, 2.05) is 0 Å². The molecule has 0 saturated carbocycles. The Morgan fingerprint density at radius 3 is 1.68 bits per heavy atom. The molecule has 0 atom stereocenters. The summed E-state index contributed by atoms with van der Waals surface area (Å²) in [5, 5.41) is 8.66. The van der Waals surface area contributed by atoms with E-state index in [0.29, 0.717) is 6.42 Å². The Morgan fingerprint density at radius 2 is 1.23 bits per heavy atom. The van der Waals surface area contributed by atoms with Gasteiger partial charge in [0.1, 0.15) is 0 Å². The quantitative estimate of drug-likeness (QED) is 0.262. The van der Waals surface area contributed by atoms with Crippen LogP contribution >= 0.6 is 0 Å². The molecule has 0 unspecified atom stereocenters. The standard InChI is InChI=1S/C18H37NO2Si/c1-3-5-7-9-12-16-20-22(18-14-11-15-19)21-17-13-10-8-6-4-2/h22H,3-14,16-18H2,1-2H3. The largest absolute Gasteiger partial charge is 0.397 e. The van der Waals surface area contributed by atoms with Crippen LogP contribution in [0.2, 0.25) is 6.04 Å². The minimum atomic E-state index is -1.53. The zero-order valence-electron chi connectivity index (χ0n) is 14.9. The molecular formula is C18H37NO2Si. The normalized spacial score (nSPS) is 11.0. The maximum Gasteiger partial charge on any atom is 0.321 e. The minimum Gasteiger partial charge on any atom is -0.397 e. The predicted molar refractivity (Wildman–Crippen MR) is 96.2 cm³/mol. The monoisotopic (exact) mass is 327 g/mol. The number of nitriles is 1. The maximum atomic E-state index is 8.66. The van der Waals surface area contributed by atoms with Crippen LogP contribution in [0, 0.1) is 11.3 Å². The van der Waals surface area contributed by atoms with Gasteiger partial charge in [0, 0.05) is 19.6 Å². The lowest BCUT2D eigenvalue weighted by Crippen LogP contribution is -2.24. The fourth-order valence-corrected chi connectivity index (χ4v) is 4.23. The molecule has 0 bridgehead atoms. The number of hydrogen-bond donors (Lipinski definition) is 0. The molecule has 22 heavy (non-hydrogen) atoms. The molecule has 0 aromatic heterocycles. The Bertz CT molecular complexity index is 240. The number of hydrogen-bond acceptors (Lipinski definition) is 3. The Labute approximate surface area is 140 Å². The predicted octanol–water partition coefficient (Wildman–Crippen LogP) is 5.48. The molecule has 0 aliphatic heterocycles. The van der Waals surface area contributed by atoms with E-state index in [0.717, 1.165) is 38.5 Å². The first kappa shape index (κ1) is 21.6. The van der Waals surface area contributed by atoms with Gasteiger partial charge in [0.15, 0.2) is 0 Å². The van der Waals surface area contributed by atoms with Crippen LogP contribution < -0.4 is 0 Å². The van der Waals surface area contributed by atoms with E-state index in [1.54, 1.807) is 0 Å². The number of rotatable bonds is 17. The third-order valence-corrected chi connectivity index (χ3v) is 5.93. The first-order valence-electron chi connectivity index (χ1n) is 9.45. The summed E-state index contributed by atoms with van der Waals surface area (Å²) in [7, 11) is -1.53. The van der Waals surface area contributed by atoms with Crippen molar-refractivity contribution < 1.29 is 8.85 Å². The van der Waals surface area contributed by atoms with Crippen molar-refractivity contribution in [1.82, 2.24) is 0 Å². The molecule has 0 aliphatic rings. The smallest absolute Gasteiger partial charge is 0.321 e. The summed E-state index contributed by atoms with van der Waals surface area (Å²) >= 11 is 0. The van der Waals surface area contributed by atoms with Crippen LogP contribution in [0.25, 0.3) is 0 Å². The highest BCUT2D eigenvalue weighted by Gasteiger charge is 2.12. The molecule has 0 heterocycles. The maximum absolute atomic E-state index is 8.66. The number of unbranched alkanes of at least 4 members (excludes halogenated alkanes) is 9. The fourth-order valence-electron chi connectivity index (χ4n) is 2.40. The topological polar surface area (TPSA) is 42.2 Å². The molecular weight excluding hydrogens is 290 g/mol. The summed E-state index contributed by atoms with van der Waals surface area (Å²) in [6.07, 6.45) is 14.3. The average Bonchev–Trinajstić information content (AvgIpc) is 2.53. The molecule has 0 radical (unpaired) electrons. The van der Waals surface area contributed by atoms with Crippen molar-refractivity contribution in [3.05, 3.63) is 0 Å². The van der Waals surface area contributed by atoms with Crippen molar-refractivity contribution in [1.29, 1.82) is 5.26 Å². The Morgan fingerprint density at radius 1 is 0.727 bits per heavy atom. The molecule has 0 aliphatic carbocycles. The van der Waals surface area contributed by atoms with Gasteiger partial charge in [-0.05, 0) is 25.3 Å². The van der Waals surface area contributed by atoms with Crippen molar-refractivity contribution in [3.8, 4) is 6.07 Å².